The summed E-state index contributed by atoms with van der Waals surface area (Å²) in [6.45, 7) is 1.36. The van der Waals surface area contributed by atoms with E-state index in [2.05, 4.69) is 5.32 Å². The van der Waals surface area contributed by atoms with Gasteiger partial charge in [0.15, 0.2) is 5.75 Å². The maximum absolute atomic E-state index is 13.2. The van der Waals surface area contributed by atoms with Crippen LogP contribution in [0.25, 0.3) is 0 Å². The average Bonchev–Trinajstić information content (AvgIpc) is 3.21. The van der Waals surface area contributed by atoms with Gasteiger partial charge in [-0.25, -0.2) is 12.8 Å². The first-order valence-corrected chi connectivity index (χ1v) is 12.6. The normalized spacial score (nSPS) is 17.2. The number of morpholine rings is 1. The Morgan fingerprint density at radius 2 is 1.85 bits per heavy atom. The number of rotatable bonds is 7. The molecule has 0 unspecified atom stereocenters. The molecule has 2 heterocycles. The smallest absolute Gasteiger partial charge is 0.282 e. The lowest BCUT2D eigenvalue weighted by Crippen LogP contribution is -2.40. The van der Waals surface area contributed by atoms with Gasteiger partial charge < -0.3 is 19.7 Å². The molecule has 12 heteroatoms. The summed E-state index contributed by atoms with van der Waals surface area (Å²) in [6, 6.07) is 9.42. The molecule has 9 nitrogen and oxygen atoms in total. The van der Waals surface area contributed by atoms with Crippen LogP contribution < -0.4 is 10.1 Å². The van der Waals surface area contributed by atoms with E-state index in [9.17, 15) is 22.4 Å². The summed E-state index contributed by atoms with van der Waals surface area (Å²) < 4.78 is 51.7. The zero-order valence-electron chi connectivity index (χ0n) is 17.5. The van der Waals surface area contributed by atoms with Crippen LogP contribution in [0, 0.1) is 5.82 Å². The first-order chi connectivity index (χ1) is 15.8. The molecule has 2 fully saturated rings. The van der Waals surface area contributed by atoms with E-state index in [1.165, 1.54) is 51.7 Å². The quantitative estimate of drug-likeness (QED) is 0.630. The van der Waals surface area contributed by atoms with Crippen molar-refractivity contribution in [3.05, 3.63) is 48.3 Å². The molecule has 0 aliphatic carbocycles. The minimum atomic E-state index is -3.82. The van der Waals surface area contributed by atoms with E-state index in [1.807, 2.05) is 0 Å². The van der Waals surface area contributed by atoms with Gasteiger partial charge in [0, 0.05) is 25.4 Å². The number of ether oxygens (including phenoxy) is 2. The Balaban J connectivity index is 1.61. The van der Waals surface area contributed by atoms with Gasteiger partial charge in [0.05, 0.1) is 23.8 Å². The van der Waals surface area contributed by atoms with Crippen molar-refractivity contribution in [3.8, 4) is 11.5 Å². The third kappa shape index (κ3) is 5.64. The first-order valence-electron chi connectivity index (χ1n) is 10.2. The molecular weight excluding hydrogens is 473 g/mol. The van der Waals surface area contributed by atoms with Gasteiger partial charge in [-0.1, -0.05) is 11.8 Å². The summed E-state index contributed by atoms with van der Waals surface area (Å²) in [5.41, 5.74) is 0.123. The van der Waals surface area contributed by atoms with Crippen molar-refractivity contribution in [2.24, 2.45) is 0 Å². The van der Waals surface area contributed by atoms with Crippen LogP contribution in [-0.4, -0.2) is 73.9 Å². The second-order valence-electron chi connectivity index (χ2n) is 7.31. The van der Waals surface area contributed by atoms with Crippen LogP contribution in [0.15, 0.2) is 47.4 Å². The van der Waals surface area contributed by atoms with Gasteiger partial charge in [0.25, 0.3) is 5.24 Å². The standard InChI is InChI=1S/C21H22FN3O6S2/c22-15-1-3-16(4-2-15)31-19-6-5-17(33(28,29)25-7-10-30-11-8-25)13-18(19)23-20(26)14-24-9-12-32-21(24)27/h1-6,13H,7-12,14H2,(H,23,26). The Kier molecular flexibility index (Phi) is 7.17. The summed E-state index contributed by atoms with van der Waals surface area (Å²) in [7, 11) is -3.82. The molecule has 0 spiro atoms. The number of anilines is 1. The summed E-state index contributed by atoms with van der Waals surface area (Å²) >= 11 is 1.14. The Morgan fingerprint density at radius 3 is 2.52 bits per heavy atom. The monoisotopic (exact) mass is 495 g/mol. The fourth-order valence-corrected chi connectivity index (χ4v) is 5.61. The van der Waals surface area contributed by atoms with Crippen molar-refractivity contribution >= 4 is 38.6 Å². The number of nitrogens with one attached hydrogen (secondary N) is 1. The highest BCUT2D eigenvalue weighted by Gasteiger charge is 2.28. The number of sulfonamides is 1. The fraction of sp³-hybridized carbons (Fsp3) is 0.333. The number of halogens is 1. The molecule has 2 aliphatic heterocycles. The van der Waals surface area contributed by atoms with Crippen LogP contribution in [0.4, 0.5) is 14.9 Å². The largest absolute Gasteiger partial charge is 0.455 e. The number of thioether (sulfide) groups is 1. The van der Waals surface area contributed by atoms with Crippen LogP contribution in [0.1, 0.15) is 0 Å². The Labute approximate surface area is 194 Å². The highest BCUT2D eigenvalue weighted by atomic mass is 32.2. The highest BCUT2D eigenvalue weighted by Crippen LogP contribution is 2.33. The van der Waals surface area contributed by atoms with Crippen molar-refractivity contribution < 1.29 is 31.9 Å². The molecule has 176 valence electrons. The molecule has 4 rings (SSSR count). The summed E-state index contributed by atoms with van der Waals surface area (Å²) in [6.07, 6.45) is 0. The molecule has 2 saturated heterocycles. The van der Waals surface area contributed by atoms with Gasteiger partial charge in [-0.2, -0.15) is 4.31 Å². The van der Waals surface area contributed by atoms with E-state index in [-0.39, 0.29) is 41.2 Å². The summed E-state index contributed by atoms with van der Waals surface area (Å²) in [5, 5.41) is 2.47. The molecule has 0 radical (unpaired) electrons. The predicted molar refractivity (Wildman–Crippen MR) is 121 cm³/mol. The van der Waals surface area contributed by atoms with Gasteiger partial charge in [0.1, 0.15) is 18.1 Å². The maximum Gasteiger partial charge on any atom is 0.282 e. The van der Waals surface area contributed by atoms with Gasteiger partial charge in [0.2, 0.25) is 15.9 Å². The Morgan fingerprint density at radius 1 is 1.12 bits per heavy atom. The summed E-state index contributed by atoms with van der Waals surface area (Å²) in [4.78, 5) is 25.8. The lowest BCUT2D eigenvalue weighted by atomic mass is 10.2. The Bertz CT molecular complexity index is 1140. The fourth-order valence-electron chi connectivity index (χ4n) is 3.35. The van der Waals surface area contributed by atoms with Crippen LogP contribution >= 0.6 is 11.8 Å². The van der Waals surface area contributed by atoms with Crippen molar-refractivity contribution in [1.82, 2.24) is 9.21 Å². The number of nitrogens with zero attached hydrogens (tertiary/aromatic N) is 2. The van der Waals surface area contributed by atoms with Gasteiger partial charge in [-0.15, -0.1) is 0 Å². The molecule has 2 aliphatic rings. The van der Waals surface area contributed by atoms with E-state index < -0.39 is 21.7 Å². The minimum absolute atomic E-state index is 0.0149. The molecule has 1 N–H and O–H groups in total. The highest BCUT2D eigenvalue weighted by molar-refractivity contribution is 8.13. The molecule has 0 aromatic heterocycles. The summed E-state index contributed by atoms with van der Waals surface area (Å²) in [5.74, 6) is 0.171. The lowest BCUT2D eigenvalue weighted by molar-refractivity contribution is -0.116. The number of hydrogen-bond donors (Lipinski definition) is 1. The predicted octanol–water partition coefficient (Wildman–Crippen LogP) is 2.75. The third-order valence-corrected chi connectivity index (χ3v) is 7.84. The number of hydrogen-bond acceptors (Lipinski definition) is 7. The topological polar surface area (TPSA) is 105 Å². The van der Waals surface area contributed by atoms with E-state index in [0.717, 1.165) is 11.8 Å². The molecule has 2 amide bonds. The minimum Gasteiger partial charge on any atom is -0.455 e. The SMILES string of the molecule is O=C(CN1CCSC1=O)Nc1cc(S(=O)(=O)N2CCOCC2)ccc1Oc1ccc(F)cc1. The average molecular weight is 496 g/mol. The van der Waals surface area contributed by atoms with E-state index in [1.54, 1.807) is 0 Å². The van der Waals surface area contributed by atoms with Crippen molar-refractivity contribution in [1.29, 1.82) is 0 Å². The molecular formula is C21H22FN3O6S2. The second kappa shape index (κ2) is 10.1. The molecule has 2 aromatic rings. The third-order valence-electron chi connectivity index (χ3n) is 5.05. The van der Waals surface area contributed by atoms with Gasteiger partial charge in [-0.05, 0) is 42.5 Å². The van der Waals surface area contributed by atoms with Crippen molar-refractivity contribution in [3.63, 3.8) is 0 Å². The number of carbonyl (C=O) groups is 2. The zero-order chi connectivity index (χ0) is 23.4. The zero-order valence-corrected chi connectivity index (χ0v) is 19.2. The van der Waals surface area contributed by atoms with E-state index in [4.69, 9.17) is 9.47 Å². The van der Waals surface area contributed by atoms with Crippen LogP contribution in [-0.2, 0) is 19.6 Å². The first kappa shape index (κ1) is 23.5. The maximum atomic E-state index is 13.2. The van der Waals surface area contributed by atoms with Crippen molar-refractivity contribution in [2.45, 2.75) is 4.90 Å². The van der Waals surface area contributed by atoms with Gasteiger partial charge in [-0.3, -0.25) is 9.59 Å². The number of carbonyl (C=O) groups excluding carboxylic acids is 2. The second-order valence-corrected chi connectivity index (χ2v) is 10.3. The molecule has 0 bridgehead atoms. The Hall–Kier alpha value is -2.67. The van der Waals surface area contributed by atoms with Crippen LogP contribution in [0.3, 0.4) is 0 Å². The van der Waals surface area contributed by atoms with E-state index >= 15 is 0 Å². The number of benzene rings is 2. The van der Waals surface area contributed by atoms with E-state index in [0.29, 0.717) is 31.3 Å². The van der Waals surface area contributed by atoms with Crippen LogP contribution in [0.5, 0.6) is 11.5 Å². The molecule has 0 saturated carbocycles. The van der Waals surface area contributed by atoms with Crippen molar-refractivity contribution in [2.75, 3.05) is 50.5 Å². The molecule has 2 aromatic carbocycles. The number of amides is 2. The molecule has 0 atom stereocenters. The van der Waals surface area contributed by atoms with Crippen LogP contribution in [0.2, 0.25) is 0 Å². The van der Waals surface area contributed by atoms with Gasteiger partial charge >= 0.3 is 0 Å². The lowest BCUT2D eigenvalue weighted by Gasteiger charge is -2.26. The molecule has 33 heavy (non-hydrogen) atoms.